The first kappa shape index (κ1) is 12.7. The molecular formula is C12H22N4. The molecule has 0 bridgehead atoms. The maximum absolute atomic E-state index is 4.53. The Morgan fingerprint density at radius 3 is 2.44 bits per heavy atom. The molecule has 0 aliphatic carbocycles. The van der Waals surface area contributed by atoms with Gasteiger partial charge in [-0.15, -0.1) is 0 Å². The maximum Gasteiger partial charge on any atom is 0.137 e. The van der Waals surface area contributed by atoms with Crippen molar-refractivity contribution in [3.63, 3.8) is 0 Å². The number of hydrogen-bond acceptors (Lipinski definition) is 4. The highest BCUT2D eigenvalue weighted by molar-refractivity contribution is 5.58. The zero-order valence-corrected chi connectivity index (χ0v) is 11.1. The number of anilines is 2. The molecule has 0 fully saturated rings. The van der Waals surface area contributed by atoms with E-state index in [9.17, 15) is 0 Å². The Labute approximate surface area is 98.1 Å². The van der Waals surface area contributed by atoms with Crippen LogP contribution in [-0.4, -0.2) is 30.1 Å². The Kier molecular flexibility index (Phi) is 4.10. The zero-order chi connectivity index (χ0) is 12.3. The molecule has 1 unspecified atom stereocenters. The molecule has 1 heterocycles. The van der Waals surface area contributed by atoms with Gasteiger partial charge in [-0.2, -0.15) is 0 Å². The number of hydrogen-bond donors (Lipinski definition) is 1. The predicted molar refractivity (Wildman–Crippen MR) is 69.2 cm³/mol. The average molecular weight is 222 g/mol. The fourth-order valence-corrected chi connectivity index (χ4v) is 1.68. The second kappa shape index (κ2) is 5.14. The van der Waals surface area contributed by atoms with Crippen LogP contribution in [0, 0.1) is 13.8 Å². The molecule has 1 N–H and O–H groups in total. The predicted octanol–water partition coefficient (Wildman–Crippen LogP) is 2.37. The quantitative estimate of drug-likeness (QED) is 0.849. The summed E-state index contributed by atoms with van der Waals surface area (Å²) in [6.07, 6.45) is 1.11. The summed E-state index contributed by atoms with van der Waals surface area (Å²) in [5, 5.41) is 3.11. The lowest BCUT2D eigenvalue weighted by Crippen LogP contribution is -2.30. The minimum Gasteiger partial charge on any atom is -0.373 e. The molecule has 1 aromatic rings. The van der Waals surface area contributed by atoms with Gasteiger partial charge in [-0.25, -0.2) is 9.97 Å². The molecular weight excluding hydrogens is 200 g/mol. The van der Waals surface area contributed by atoms with Gasteiger partial charge in [0.2, 0.25) is 0 Å². The smallest absolute Gasteiger partial charge is 0.137 e. The lowest BCUT2D eigenvalue weighted by atomic mass is 10.2. The first-order chi connectivity index (χ1) is 7.51. The van der Waals surface area contributed by atoms with Crippen LogP contribution in [0.5, 0.6) is 0 Å². The molecule has 4 nitrogen and oxygen atoms in total. The molecule has 16 heavy (non-hydrogen) atoms. The van der Waals surface area contributed by atoms with Gasteiger partial charge in [0.25, 0.3) is 0 Å². The van der Waals surface area contributed by atoms with E-state index in [2.05, 4.69) is 48.0 Å². The molecule has 0 amide bonds. The van der Waals surface area contributed by atoms with Crippen molar-refractivity contribution in [3.8, 4) is 0 Å². The molecule has 0 saturated heterocycles. The second-order valence-corrected chi connectivity index (χ2v) is 4.19. The van der Waals surface area contributed by atoms with Crippen molar-refractivity contribution in [2.45, 2.75) is 40.2 Å². The number of nitrogens with zero attached hydrogens (tertiary/aromatic N) is 3. The fourth-order valence-electron chi connectivity index (χ4n) is 1.68. The van der Waals surface area contributed by atoms with Gasteiger partial charge < -0.3 is 10.2 Å². The van der Waals surface area contributed by atoms with Crippen LogP contribution in [0.1, 0.15) is 31.7 Å². The SMILES string of the molecule is CCC(C)N(C)c1nc(C)nc(NC)c1C. The summed E-state index contributed by atoms with van der Waals surface area (Å²) < 4.78 is 0. The maximum atomic E-state index is 4.53. The number of aryl methyl sites for hydroxylation is 1. The third-order valence-corrected chi connectivity index (χ3v) is 3.05. The van der Waals surface area contributed by atoms with E-state index in [1.54, 1.807) is 0 Å². The van der Waals surface area contributed by atoms with E-state index in [1.807, 2.05) is 14.0 Å². The molecule has 0 radical (unpaired) electrons. The van der Waals surface area contributed by atoms with Crippen LogP contribution >= 0.6 is 0 Å². The van der Waals surface area contributed by atoms with Gasteiger partial charge in [-0.1, -0.05) is 6.92 Å². The van der Waals surface area contributed by atoms with Crippen LogP contribution in [0.3, 0.4) is 0 Å². The molecule has 90 valence electrons. The van der Waals surface area contributed by atoms with Crippen molar-refractivity contribution in [1.82, 2.24) is 9.97 Å². The van der Waals surface area contributed by atoms with Crippen molar-refractivity contribution >= 4 is 11.6 Å². The van der Waals surface area contributed by atoms with E-state index in [1.165, 1.54) is 0 Å². The summed E-state index contributed by atoms with van der Waals surface area (Å²) in [5.74, 6) is 2.74. The summed E-state index contributed by atoms with van der Waals surface area (Å²) in [7, 11) is 3.98. The summed E-state index contributed by atoms with van der Waals surface area (Å²) in [6, 6.07) is 0.484. The van der Waals surface area contributed by atoms with Crippen molar-refractivity contribution in [1.29, 1.82) is 0 Å². The molecule has 0 aromatic carbocycles. The van der Waals surface area contributed by atoms with Crippen LogP contribution in [0.4, 0.5) is 11.6 Å². The van der Waals surface area contributed by atoms with Gasteiger partial charge in [0.1, 0.15) is 17.5 Å². The molecule has 1 rings (SSSR count). The van der Waals surface area contributed by atoms with Crippen LogP contribution in [0.15, 0.2) is 0 Å². The molecule has 0 aliphatic rings. The van der Waals surface area contributed by atoms with Crippen molar-refractivity contribution in [3.05, 3.63) is 11.4 Å². The highest BCUT2D eigenvalue weighted by Crippen LogP contribution is 2.24. The van der Waals surface area contributed by atoms with Gasteiger partial charge in [0.15, 0.2) is 0 Å². The number of rotatable bonds is 4. The van der Waals surface area contributed by atoms with Crippen molar-refractivity contribution < 1.29 is 0 Å². The molecule has 0 saturated carbocycles. The van der Waals surface area contributed by atoms with Gasteiger partial charge >= 0.3 is 0 Å². The van der Waals surface area contributed by atoms with Gasteiger partial charge in [0.05, 0.1) is 0 Å². The standard InChI is InChI=1S/C12H22N4/c1-7-8(2)16(6)12-9(3)11(13-5)14-10(4)15-12/h8H,7H2,1-6H3,(H,13,14,15). The second-order valence-electron chi connectivity index (χ2n) is 4.19. The minimum atomic E-state index is 0.484. The van der Waals surface area contributed by atoms with E-state index in [0.29, 0.717) is 6.04 Å². The Balaban J connectivity index is 3.17. The van der Waals surface area contributed by atoms with Crippen LogP contribution in [0.25, 0.3) is 0 Å². The topological polar surface area (TPSA) is 41.1 Å². The monoisotopic (exact) mass is 222 g/mol. The average Bonchev–Trinajstić information content (AvgIpc) is 2.29. The minimum absolute atomic E-state index is 0.484. The van der Waals surface area contributed by atoms with E-state index in [0.717, 1.165) is 29.4 Å². The Bertz CT molecular complexity index is 362. The zero-order valence-electron chi connectivity index (χ0n) is 11.1. The van der Waals surface area contributed by atoms with Gasteiger partial charge in [-0.3, -0.25) is 0 Å². The highest BCUT2D eigenvalue weighted by atomic mass is 15.2. The largest absolute Gasteiger partial charge is 0.373 e. The third-order valence-electron chi connectivity index (χ3n) is 3.05. The normalized spacial score (nSPS) is 12.4. The Hall–Kier alpha value is -1.32. The number of nitrogens with one attached hydrogen (secondary N) is 1. The summed E-state index contributed by atoms with van der Waals surface area (Å²) in [4.78, 5) is 11.1. The molecule has 1 atom stereocenters. The summed E-state index contributed by atoms with van der Waals surface area (Å²) in [6.45, 7) is 8.37. The van der Waals surface area contributed by atoms with E-state index in [4.69, 9.17) is 0 Å². The molecule has 0 aliphatic heterocycles. The third kappa shape index (κ3) is 2.43. The van der Waals surface area contributed by atoms with Gasteiger partial charge in [0, 0.05) is 25.7 Å². The Morgan fingerprint density at radius 2 is 1.94 bits per heavy atom. The number of aromatic nitrogens is 2. The summed E-state index contributed by atoms with van der Waals surface area (Å²) in [5.41, 5.74) is 1.11. The molecule has 0 spiro atoms. The van der Waals surface area contributed by atoms with Crippen LogP contribution < -0.4 is 10.2 Å². The first-order valence-electron chi connectivity index (χ1n) is 5.77. The van der Waals surface area contributed by atoms with Crippen molar-refractivity contribution in [2.75, 3.05) is 24.3 Å². The van der Waals surface area contributed by atoms with E-state index < -0.39 is 0 Å². The lowest BCUT2D eigenvalue weighted by molar-refractivity contribution is 0.653. The van der Waals surface area contributed by atoms with Gasteiger partial charge in [-0.05, 0) is 27.2 Å². The molecule has 4 heteroatoms. The summed E-state index contributed by atoms with van der Waals surface area (Å²) >= 11 is 0. The van der Waals surface area contributed by atoms with Crippen molar-refractivity contribution in [2.24, 2.45) is 0 Å². The lowest BCUT2D eigenvalue weighted by Gasteiger charge is -2.27. The highest BCUT2D eigenvalue weighted by Gasteiger charge is 2.15. The Morgan fingerprint density at radius 1 is 1.31 bits per heavy atom. The molecule has 1 aromatic heterocycles. The van der Waals surface area contributed by atoms with Crippen LogP contribution in [0.2, 0.25) is 0 Å². The van der Waals surface area contributed by atoms with E-state index in [-0.39, 0.29) is 0 Å². The van der Waals surface area contributed by atoms with Crippen LogP contribution in [-0.2, 0) is 0 Å². The fraction of sp³-hybridized carbons (Fsp3) is 0.667. The first-order valence-corrected chi connectivity index (χ1v) is 5.77. The van der Waals surface area contributed by atoms with E-state index >= 15 is 0 Å².